The molecule has 2 unspecified atom stereocenters. The van der Waals surface area contributed by atoms with Gasteiger partial charge >= 0.3 is 0 Å². The van der Waals surface area contributed by atoms with E-state index < -0.39 is 5.60 Å². The van der Waals surface area contributed by atoms with Gasteiger partial charge in [-0.05, 0) is 13.5 Å². The summed E-state index contributed by atoms with van der Waals surface area (Å²) in [5.74, 6) is 0.934. The summed E-state index contributed by atoms with van der Waals surface area (Å²) >= 11 is 0. The van der Waals surface area contributed by atoms with E-state index in [1.54, 1.807) is 6.92 Å². The van der Waals surface area contributed by atoms with Crippen molar-refractivity contribution in [2.45, 2.75) is 32.0 Å². The molecular weight excluding hydrogens is 248 g/mol. The quantitative estimate of drug-likeness (QED) is 0.759. The second-order valence-corrected chi connectivity index (χ2v) is 5.18. The highest BCUT2D eigenvalue weighted by Gasteiger charge is 2.27. The molecule has 2 atom stereocenters. The first kappa shape index (κ1) is 14.4. The van der Waals surface area contributed by atoms with Crippen molar-refractivity contribution in [2.24, 2.45) is 5.73 Å². The van der Waals surface area contributed by atoms with E-state index in [0.29, 0.717) is 18.3 Å². The van der Waals surface area contributed by atoms with E-state index in [1.807, 2.05) is 0 Å². The monoisotopic (exact) mass is 270 g/mol. The number of aliphatic hydroxyl groups is 1. The van der Waals surface area contributed by atoms with Crippen molar-refractivity contribution in [3.8, 4) is 0 Å². The Kier molecular flexibility index (Phi) is 4.51. The minimum Gasteiger partial charge on any atom is -0.388 e. The Labute approximate surface area is 112 Å². The molecule has 0 aromatic carbocycles. The summed E-state index contributed by atoms with van der Waals surface area (Å²) in [5, 5.41) is 13.8. The Balaban J connectivity index is 2.00. The fourth-order valence-electron chi connectivity index (χ4n) is 2.01. The number of likely N-dealkylation sites (N-methyl/N-ethyl adjacent to an activating group) is 1. The summed E-state index contributed by atoms with van der Waals surface area (Å²) < 4.78 is 10.8. The molecule has 3 N–H and O–H groups in total. The molecule has 1 aliphatic heterocycles. The zero-order valence-corrected chi connectivity index (χ0v) is 11.5. The minimum absolute atomic E-state index is 0.147. The molecule has 1 fully saturated rings. The molecular formula is C12H22N4O3. The highest BCUT2D eigenvalue weighted by molar-refractivity contribution is 4.97. The van der Waals surface area contributed by atoms with Gasteiger partial charge in [-0.25, -0.2) is 0 Å². The van der Waals surface area contributed by atoms with E-state index in [4.69, 9.17) is 15.0 Å². The Morgan fingerprint density at radius 1 is 1.58 bits per heavy atom. The van der Waals surface area contributed by atoms with Crippen molar-refractivity contribution >= 4 is 0 Å². The Hall–Kier alpha value is -1.02. The number of morpholine rings is 1. The Bertz CT molecular complexity index is 407. The van der Waals surface area contributed by atoms with Crippen molar-refractivity contribution in [1.82, 2.24) is 15.0 Å². The Morgan fingerprint density at radius 3 is 3.05 bits per heavy atom. The number of aromatic nitrogens is 2. The largest absolute Gasteiger partial charge is 0.388 e. The number of hydrogen-bond acceptors (Lipinski definition) is 7. The summed E-state index contributed by atoms with van der Waals surface area (Å²) in [6.45, 7) is 7.25. The lowest BCUT2D eigenvalue weighted by Crippen LogP contribution is -2.38. The number of hydrogen-bond donors (Lipinski definition) is 2. The van der Waals surface area contributed by atoms with Gasteiger partial charge < -0.3 is 20.1 Å². The molecule has 2 rings (SSSR count). The van der Waals surface area contributed by atoms with Gasteiger partial charge in [0.05, 0.1) is 18.6 Å². The topological polar surface area (TPSA) is 97.6 Å². The van der Waals surface area contributed by atoms with Crippen LogP contribution in [0.25, 0.3) is 0 Å². The van der Waals surface area contributed by atoms with Gasteiger partial charge in [-0.2, -0.15) is 4.98 Å². The smallest absolute Gasteiger partial charge is 0.229 e. The molecule has 0 saturated carbocycles. The predicted molar refractivity (Wildman–Crippen MR) is 68.5 cm³/mol. The lowest BCUT2D eigenvalue weighted by molar-refractivity contribution is -0.0334. The van der Waals surface area contributed by atoms with E-state index in [-0.39, 0.29) is 19.1 Å². The highest BCUT2D eigenvalue weighted by atomic mass is 16.5. The fraction of sp³-hybridized carbons (Fsp3) is 0.833. The minimum atomic E-state index is -1.02. The van der Waals surface area contributed by atoms with Gasteiger partial charge in [0.1, 0.15) is 6.10 Å². The van der Waals surface area contributed by atoms with Crippen LogP contribution < -0.4 is 5.73 Å². The second-order valence-electron chi connectivity index (χ2n) is 5.18. The van der Waals surface area contributed by atoms with E-state index >= 15 is 0 Å². The normalized spacial score (nSPS) is 24.3. The molecule has 7 nitrogen and oxygen atoms in total. The predicted octanol–water partition coefficient (Wildman–Crippen LogP) is -0.285. The molecule has 19 heavy (non-hydrogen) atoms. The van der Waals surface area contributed by atoms with Crippen LogP contribution in [0.2, 0.25) is 0 Å². The molecule has 1 aromatic rings. The first-order chi connectivity index (χ1) is 9.04. The zero-order valence-electron chi connectivity index (χ0n) is 11.5. The van der Waals surface area contributed by atoms with Crippen molar-refractivity contribution in [2.75, 3.05) is 32.8 Å². The van der Waals surface area contributed by atoms with Crippen LogP contribution in [0.3, 0.4) is 0 Å². The van der Waals surface area contributed by atoms with Crippen molar-refractivity contribution < 1.29 is 14.4 Å². The van der Waals surface area contributed by atoms with Gasteiger partial charge in [0.2, 0.25) is 11.7 Å². The number of nitrogens with zero attached hydrogens (tertiary/aromatic N) is 3. The standard InChI is InChI=1S/C12H22N4O3/c1-3-16-4-5-18-9(7-16)11-14-10(19-15-11)6-12(2,17)8-13/h9,17H,3-8,13H2,1-2H3. The van der Waals surface area contributed by atoms with Crippen LogP contribution in [0.1, 0.15) is 31.7 Å². The summed E-state index contributed by atoms with van der Waals surface area (Å²) in [6.07, 6.45) is 0.0924. The summed E-state index contributed by atoms with van der Waals surface area (Å²) in [7, 11) is 0. The third-order valence-electron chi connectivity index (χ3n) is 3.34. The number of ether oxygens (including phenoxy) is 1. The third kappa shape index (κ3) is 3.73. The molecule has 0 radical (unpaired) electrons. The SMILES string of the molecule is CCN1CCOC(c2noc(CC(C)(O)CN)n2)C1. The number of rotatable bonds is 5. The van der Waals surface area contributed by atoms with E-state index in [2.05, 4.69) is 22.0 Å². The molecule has 0 aliphatic carbocycles. The van der Waals surface area contributed by atoms with Gasteiger partial charge in [0.25, 0.3) is 0 Å². The molecule has 1 aliphatic rings. The van der Waals surface area contributed by atoms with E-state index in [1.165, 1.54) is 0 Å². The highest BCUT2D eigenvalue weighted by Crippen LogP contribution is 2.20. The summed E-state index contributed by atoms with van der Waals surface area (Å²) in [6, 6.07) is 0. The van der Waals surface area contributed by atoms with Crippen LogP contribution in [0.15, 0.2) is 4.52 Å². The maximum Gasteiger partial charge on any atom is 0.229 e. The molecule has 7 heteroatoms. The van der Waals surface area contributed by atoms with Crippen molar-refractivity contribution in [3.05, 3.63) is 11.7 Å². The van der Waals surface area contributed by atoms with Crippen molar-refractivity contribution in [1.29, 1.82) is 0 Å². The third-order valence-corrected chi connectivity index (χ3v) is 3.34. The fourth-order valence-corrected chi connectivity index (χ4v) is 2.01. The van der Waals surface area contributed by atoms with Gasteiger partial charge in [-0.3, -0.25) is 4.90 Å². The molecule has 0 amide bonds. The van der Waals surface area contributed by atoms with E-state index in [9.17, 15) is 5.11 Å². The second kappa shape index (κ2) is 5.96. The lowest BCUT2D eigenvalue weighted by atomic mass is 10.0. The van der Waals surface area contributed by atoms with Crippen LogP contribution in [-0.4, -0.2) is 58.5 Å². The molecule has 0 bridgehead atoms. The molecule has 1 saturated heterocycles. The molecule has 1 aromatic heterocycles. The summed E-state index contributed by atoms with van der Waals surface area (Å²) in [5.41, 5.74) is 4.45. The first-order valence-electron chi connectivity index (χ1n) is 6.63. The average Bonchev–Trinajstić information content (AvgIpc) is 2.86. The van der Waals surface area contributed by atoms with Crippen LogP contribution >= 0.6 is 0 Å². The van der Waals surface area contributed by atoms with Gasteiger partial charge in [-0.15, -0.1) is 0 Å². The van der Waals surface area contributed by atoms with Gasteiger partial charge in [0.15, 0.2) is 0 Å². The van der Waals surface area contributed by atoms with Crippen LogP contribution in [-0.2, 0) is 11.2 Å². The Morgan fingerprint density at radius 2 is 2.37 bits per heavy atom. The van der Waals surface area contributed by atoms with Crippen LogP contribution in [0.4, 0.5) is 0 Å². The summed E-state index contributed by atoms with van der Waals surface area (Å²) in [4.78, 5) is 6.57. The maximum atomic E-state index is 9.88. The van der Waals surface area contributed by atoms with E-state index in [0.717, 1.165) is 19.6 Å². The van der Waals surface area contributed by atoms with Gasteiger partial charge in [0, 0.05) is 19.6 Å². The average molecular weight is 270 g/mol. The van der Waals surface area contributed by atoms with Crippen LogP contribution in [0, 0.1) is 0 Å². The molecule has 0 spiro atoms. The van der Waals surface area contributed by atoms with Gasteiger partial charge in [-0.1, -0.05) is 12.1 Å². The maximum absolute atomic E-state index is 9.88. The zero-order chi connectivity index (χ0) is 13.9. The van der Waals surface area contributed by atoms with Crippen LogP contribution in [0.5, 0.6) is 0 Å². The molecule has 108 valence electrons. The number of nitrogens with two attached hydrogens (primary N) is 1. The first-order valence-corrected chi connectivity index (χ1v) is 6.63. The lowest BCUT2D eigenvalue weighted by Gasteiger charge is -2.30. The molecule has 2 heterocycles. The van der Waals surface area contributed by atoms with Crippen molar-refractivity contribution in [3.63, 3.8) is 0 Å².